The van der Waals surface area contributed by atoms with Crippen LogP contribution >= 0.6 is 28.1 Å². The smallest absolute Gasteiger partial charge is 0.209 e. The maximum Gasteiger partial charge on any atom is 0.242 e. The van der Waals surface area contributed by atoms with Crippen LogP contribution in [-0.2, 0) is 0 Å². The summed E-state index contributed by atoms with van der Waals surface area (Å²) in [4.78, 5) is 0. The Morgan fingerprint density at radius 1 is 1.33 bits per heavy atom. The van der Waals surface area contributed by atoms with Gasteiger partial charge in [-0.15, -0.1) is 0 Å². The van der Waals surface area contributed by atoms with Gasteiger partial charge in [0, 0.05) is 4.47 Å². The molecule has 78 valence electrons. The third kappa shape index (κ3) is 1.87. The van der Waals surface area contributed by atoms with Crippen LogP contribution in [0.5, 0.6) is 0 Å². The fraction of sp³-hybridized carbons (Fsp3) is 0.222. The van der Waals surface area contributed by atoms with E-state index in [4.69, 9.17) is 12.2 Å². The normalized spacial score (nSPS) is 10.6. The van der Waals surface area contributed by atoms with Crippen LogP contribution < -0.4 is 0 Å². The van der Waals surface area contributed by atoms with Crippen LogP contribution in [0.2, 0.25) is 0 Å². The van der Waals surface area contributed by atoms with E-state index in [1.54, 1.807) is 4.68 Å². The predicted octanol–water partition coefficient (Wildman–Crippen LogP) is 2.70. The van der Waals surface area contributed by atoms with E-state index in [0.717, 1.165) is 21.3 Å². The number of rotatable bonds is 1. The number of aryl methyl sites for hydroxylation is 2. The summed E-state index contributed by atoms with van der Waals surface area (Å²) in [5.74, 6) is 0. The summed E-state index contributed by atoms with van der Waals surface area (Å²) in [5.41, 5.74) is 3.24. The topological polar surface area (TPSA) is 46.5 Å². The fourth-order valence-electron chi connectivity index (χ4n) is 1.60. The van der Waals surface area contributed by atoms with Crippen molar-refractivity contribution in [2.24, 2.45) is 0 Å². The molecule has 0 bridgehead atoms. The summed E-state index contributed by atoms with van der Waals surface area (Å²) in [5, 5.41) is 10.2. The third-order valence-electron chi connectivity index (χ3n) is 2.15. The maximum absolute atomic E-state index is 5.07. The first-order chi connectivity index (χ1) is 7.09. The van der Waals surface area contributed by atoms with Crippen molar-refractivity contribution in [1.29, 1.82) is 0 Å². The minimum atomic E-state index is 0.434. The van der Waals surface area contributed by atoms with Crippen molar-refractivity contribution in [1.82, 2.24) is 20.2 Å². The molecular formula is C9H9BrN4S. The van der Waals surface area contributed by atoms with E-state index in [9.17, 15) is 0 Å². The van der Waals surface area contributed by atoms with E-state index in [-0.39, 0.29) is 0 Å². The van der Waals surface area contributed by atoms with Gasteiger partial charge in [0.1, 0.15) is 0 Å². The number of aromatic nitrogens is 4. The second kappa shape index (κ2) is 3.86. The van der Waals surface area contributed by atoms with Crippen LogP contribution in [-0.4, -0.2) is 20.2 Å². The lowest BCUT2D eigenvalue weighted by molar-refractivity contribution is 0.777. The van der Waals surface area contributed by atoms with Gasteiger partial charge in [-0.05, 0) is 49.3 Å². The predicted molar refractivity (Wildman–Crippen MR) is 63.7 cm³/mol. The van der Waals surface area contributed by atoms with Gasteiger partial charge in [-0.1, -0.05) is 26.2 Å². The molecule has 1 N–H and O–H groups in total. The summed E-state index contributed by atoms with van der Waals surface area (Å²) in [7, 11) is 0. The van der Waals surface area contributed by atoms with Gasteiger partial charge in [0.2, 0.25) is 4.77 Å². The molecule has 0 aliphatic carbocycles. The molecular weight excluding hydrogens is 276 g/mol. The van der Waals surface area contributed by atoms with Crippen molar-refractivity contribution in [3.05, 3.63) is 32.5 Å². The zero-order chi connectivity index (χ0) is 11.0. The quantitative estimate of drug-likeness (QED) is 0.819. The fourth-order valence-corrected chi connectivity index (χ4v) is 2.46. The zero-order valence-corrected chi connectivity index (χ0v) is 10.7. The van der Waals surface area contributed by atoms with Crippen molar-refractivity contribution in [3.63, 3.8) is 0 Å². The molecule has 0 aliphatic rings. The van der Waals surface area contributed by atoms with E-state index in [1.165, 1.54) is 0 Å². The van der Waals surface area contributed by atoms with Crippen LogP contribution in [0.15, 0.2) is 16.6 Å². The molecule has 0 fully saturated rings. The molecule has 1 aromatic carbocycles. The molecule has 6 heteroatoms. The Hall–Kier alpha value is -1.01. The number of hydrogen-bond donors (Lipinski definition) is 1. The van der Waals surface area contributed by atoms with E-state index in [1.807, 2.05) is 26.0 Å². The molecule has 0 unspecified atom stereocenters. The van der Waals surface area contributed by atoms with Crippen molar-refractivity contribution in [2.75, 3.05) is 0 Å². The number of nitrogens with one attached hydrogen (secondary N) is 1. The highest BCUT2D eigenvalue weighted by Crippen LogP contribution is 2.23. The number of H-pyrrole nitrogens is 1. The van der Waals surface area contributed by atoms with Gasteiger partial charge in [0.05, 0.1) is 5.69 Å². The lowest BCUT2D eigenvalue weighted by atomic mass is 10.1. The number of tetrazole rings is 1. The van der Waals surface area contributed by atoms with Crippen molar-refractivity contribution in [2.45, 2.75) is 13.8 Å². The molecule has 1 aromatic heterocycles. The number of hydrogen-bond acceptors (Lipinski definition) is 3. The highest BCUT2D eigenvalue weighted by atomic mass is 79.9. The summed E-state index contributed by atoms with van der Waals surface area (Å²) in [6.07, 6.45) is 0. The van der Waals surface area contributed by atoms with E-state index in [0.29, 0.717) is 4.77 Å². The number of benzene rings is 1. The molecule has 0 saturated heterocycles. The van der Waals surface area contributed by atoms with E-state index >= 15 is 0 Å². The first kappa shape index (κ1) is 10.5. The lowest BCUT2D eigenvalue weighted by Crippen LogP contribution is -2.02. The van der Waals surface area contributed by atoms with Gasteiger partial charge >= 0.3 is 0 Å². The Morgan fingerprint density at radius 3 is 2.40 bits per heavy atom. The molecule has 2 aromatic rings. The first-order valence-electron chi connectivity index (χ1n) is 4.37. The van der Waals surface area contributed by atoms with Gasteiger partial charge in [-0.3, -0.25) is 0 Å². The number of aromatic amines is 1. The molecule has 0 saturated carbocycles. The molecule has 0 spiro atoms. The van der Waals surface area contributed by atoms with Crippen LogP contribution in [0.25, 0.3) is 5.69 Å². The maximum atomic E-state index is 5.07. The highest BCUT2D eigenvalue weighted by molar-refractivity contribution is 9.10. The highest BCUT2D eigenvalue weighted by Gasteiger charge is 2.08. The van der Waals surface area contributed by atoms with Crippen LogP contribution in [0.4, 0.5) is 0 Å². The molecule has 15 heavy (non-hydrogen) atoms. The minimum absolute atomic E-state index is 0.434. The van der Waals surface area contributed by atoms with Crippen LogP contribution in [0.1, 0.15) is 11.1 Å². The monoisotopic (exact) mass is 284 g/mol. The molecule has 0 radical (unpaired) electrons. The SMILES string of the molecule is Cc1cc(Br)cc(C)c1-n1[nH]nnc1=S. The average molecular weight is 285 g/mol. The van der Waals surface area contributed by atoms with Gasteiger partial charge in [-0.2, -0.15) is 5.21 Å². The second-order valence-electron chi connectivity index (χ2n) is 3.31. The summed E-state index contributed by atoms with van der Waals surface area (Å²) >= 11 is 8.52. The van der Waals surface area contributed by atoms with Gasteiger partial charge in [0.25, 0.3) is 0 Å². The van der Waals surface area contributed by atoms with Gasteiger partial charge < -0.3 is 0 Å². The molecule has 0 aliphatic heterocycles. The van der Waals surface area contributed by atoms with E-state index < -0.39 is 0 Å². The standard InChI is InChI=1S/C9H9BrN4S/c1-5-3-7(10)4-6(2)8(5)14-9(15)11-12-13-14/h3-4H,1-2H3,(H,11,13,15). The molecule has 0 atom stereocenters. The third-order valence-corrected chi connectivity index (χ3v) is 2.87. The van der Waals surface area contributed by atoms with Gasteiger partial charge in [-0.25, -0.2) is 4.68 Å². The number of nitrogens with zero attached hydrogens (tertiary/aromatic N) is 3. The number of halogens is 1. The Bertz CT molecular complexity index is 534. The largest absolute Gasteiger partial charge is 0.242 e. The van der Waals surface area contributed by atoms with Gasteiger partial charge in [0.15, 0.2) is 0 Å². The minimum Gasteiger partial charge on any atom is -0.209 e. The Balaban J connectivity index is 2.74. The van der Waals surface area contributed by atoms with Crippen molar-refractivity contribution < 1.29 is 0 Å². The van der Waals surface area contributed by atoms with E-state index in [2.05, 4.69) is 31.5 Å². The van der Waals surface area contributed by atoms with Crippen LogP contribution in [0.3, 0.4) is 0 Å². The summed E-state index contributed by atoms with van der Waals surface area (Å²) in [6.45, 7) is 4.05. The average Bonchev–Trinajstić information content (AvgIpc) is 2.50. The molecule has 2 rings (SSSR count). The van der Waals surface area contributed by atoms with Crippen LogP contribution in [0, 0.1) is 18.6 Å². The van der Waals surface area contributed by atoms with Crippen molar-refractivity contribution in [3.8, 4) is 5.69 Å². The molecule has 4 nitrogen and oxygen atoms in total. The lowest BCUT2D eigenvalue weighted by Gasteiger charge is -2.09. The summed E-state index contributed by atoms with van der Waals surface area (Å²) in [6, 6.07) is 4.07. The molecule has 0 amide bonds. The Kier molecular flexibility index (Phi) is 2.70. The van der Waals surface area contributed by atoms with Crippen molar-refractivity contribution >= 4 is 28.1 Å². The Morgan fingerprint density at radius 2 is 1.93 bits per heavy atom. The Labute approximate surface area is 100 Å². The first-order valence-corrected chi connectivity index (χ1v) is 5.57. The zero-order valence-electron chi connectivity index (χ0n) is 8.28. The summed E-state index contributed by atoms with van der Waals surface area (Å²) < 4.78 is 3.19. The second-order valence-corrected chi connectivity index (χ2v) is 4.59. The molecule has 1 heterocycles.